The van der Waals surface area contributed by atoms with E-state index in [0.717, 1.165) is 11.3 Å². The van der Waals surface area contributed by atoms with Crippen LogP contribution in [-0.4, -0.2) is 17.9 Å². The van der Waals surface area contributed by atoms with Crippen molar-refractivity contribution in [1.29, 1.82) is 0 Å². The Kier molecular flexibility index (Phi) is 5.51. The minimum Gasteiger partial charge on any atom is -0.489 e. The van der Waals surface area contributed by atoms with Gasteiger partial charge >= 0.3 is 0 Å². The van der Waals surface area contributed by atoms with Crippen molar-refractivity contribution < 1.29 is 9.53 Å². The quantitative estimate of drug-likeness (QED) is 0.632. The molecule has 0 atom stereocenters. The van der Waals surface area contributed by atoms with E-state index in [9.17, 15) is 4.79 Å². The van der Waals surface area contributed by atoms with Gasteiger partial charge in [0.25, 0.3) is 5.91 Å². The highest BCUT2D eigenvalue weighted by Gasteiger charge is 2.13. The summed E-state index contributed by atoms with van der Waals surface area (Å²) in [7, 11) is 1.83. The van der Waals surface area contributed by atoms with Crippen molar-refractivity contribution in [3.05, 3.63) is 87.6 Å². The van der Waals surface area contributed by atoms with Gasteiger partial charge in [-0.3, -0.25) is 4.79 Å². The largest absolute Gasteiger partial charge is 0.489 e. The van der Waals surface area contributed by atoms with E-state index in [-0.39, 0.29) is 5.91 Å². The zero-order valence-corrected chi connectivity index (χ0v) is 15.3. The molecule has 128 valence electrons. The minimum atomic E-state index is 0.0161. The molecule has 25 heavy (non-hydrogen) atoms. The first-order valence-corrected chi connectivity index (χ1v) is 9.06. The van der Waals surface area contributed by atoms with Crippen LogP contribution in [0.2, 0.25) is 0 Å². The summed E-state index contributed by atoms with van der Waals surface area (Å²) in [6.07, 6.45) is 0. The molecule has 0 spiro atoms. The Morgan fingerprint density at radius 1 is 1.04 bits per heavy atom. The number of thiophene rings is 1. The number of rotatable bonds is 6. The van der Waals surface area contributed by atoms with Gasteiger partial charge in [0.05, 0.1) is 6.54 Å². The number of hydrogen-bond donors (Lipinski definition) is 0. The molecule has 0 aliphatic rings. The van der Waals surface area contributed by atoms with Crippen LogP contribution in [0.3, 0.4) is 0 Å². The molecule has 3 aromatic rings. The summed E-state index contributed by atoms with van der Waals surface area (Å²) in [6.45, 7) is 3.23. The number of aryl methyl sites for hydroxylation is 1. The van der Waals surface area contributed by atoms with Crippen LogP contribution in [0.4, 0.5) is 0 Å². The fraction of sp³-hybridized carbons (Fsp3) is 0.190. The van der Waals surface area contributed by atoms with Crippen molar-refractivity contribution in [2.24, 2.45) is 0 Å². The van der Waals surface area contributed by atoms with Crippen molar-refractivity contribution in [3.8, 4) is 5.75 Å². The predicted octanol–water partition coefficient (Wildman–Crippen LogP) is 4.91. The van der Waals surface area contributed by atoms with Crippen LogP contribution in [-0.2, 0) is 13.2 Å². The summed E-state index contributed by atoms with van der Waals surface area (Å²) >= 11 is 1.68. The molecule has 3 rings (SSSR count). The predicted molar refractivity (Wildman–Crippen MR) is 102 cm³/mol. The Morgan fingerprint density at radius 3 is 2.40 bits per heavy atom. The Bertz CT molecular complexity index is 825. The summed E-state index contributed by atoms with van der Waals surface area (Å²) in [4.78, 5) is 15.5. The molecule has 0 aliphatic heterocycles. The summed E-state index contributed by atoms with van der Waals surface area (Å²) in [5, 5.41) is 2.06. The van der Waals surface area contributed by atoms with Crippen LogP contribution >= 0.6 is 11.3 Å². The molecule has 0 radical (unpaired) electrons. The highest BCUT2D eigenvalue weighted by Crippen LogP contribution is 2.19. The number of nitrogens with zero attached hydrogens (tertiary/aromatic N) is 1. The highest BCUT2D eigenvalue weighted by molar-refractivity contribution is 7.10. The molecule has 0 saturated carbocycles. The summed E-state index contributed by atoms with van der Waals surface area (Å²) < 4.78 is 5.76. The Labute approximate surface area is 152 Å². The SMILES string of the molecule is Cc1ccsc1CN(C)C(=O)c1ccc(OCc2ccccc2)cc1. The zero-order valence-electron chi connectivity index (χ0n) is 14.4. The van der Waals surface area contributed by atoms with Crippen LogP contribution in [0, 0.1) is 6.92 Å². The monoisotopic (exact) mass is 351 g/mol. The maximum absolute atomic E-state index is 12.6. The van der Waals surface area contributed by atoms with Crippen molar-refractivity contribution in [3.63, 3.8) is 0 Å². The fourth-order valence-electron chi connectivity index (χ4n) is 2.51. The molecule has 1 amide bonds. The topological polar surface area (TPSA) is 29.5 Å². The molecule has 0 saturated heterocycles. The Morgan fingerprint density at radius 2 is 1.76 bits per heavy atom. The Balaban J connectivity index is 1.59. The van der Waals surface area contributed by atoms with E-state index in [2.05, 4.69) is 18.4 Å². The fourth-order valence-corrected chi connectivity index (χ4v) is 3.47. The van der Waals surface area contributed by atoms with Crippen molar-refractivity contribution in [2.75, 3.05) is 7.05 Å². The average Bonchev–Trinajstić information content (AvgIpc) is 3.05. The number of benzene rings is 2. The molecule has 1 heterocycles. The van der Waals surface area contributed by atoms with Gasteiger partial charge in [0, 0.05) is 17.5 Å². The van der Waals surface area contributed by atoms with E-state index in [0.29, 0.717) is 18.7 Å². The molecule has 0 fully saturated rings. The standard InChI is InChI=1S/C21H21NO2S/c1-16-12-13-25-20(16)14-22(2)21(23)18-8-10-19(11-9-18)24-15-17-6-4-3-5-7-17/h3-13H,14-15H2,1-2H3. The third-order valence-corrected chi connectivity index (χ3v) is 5.05. The lowest BCUT2D eigenvalue weighted by Gasteiger charge is -2.17. The number of carbonyl (C=O) groups is 1. The molecule has 1 aromatic heterocycles. The summed E-state index contributed by atoms with van der Waals surface area (Å²) in [5.74, 6) is 0.777. The number of amides is 1. The van der Waals surface area contributed by atoms with E-state index < -0.39 is 0 Å². The van der Waals surface area contributed by atoms with Gasteiger partial charge in [-0.1, -0.05) is 30.3 Å². The van der Waals surface area contributed by atoms with E-state index in [4.69, 9.17) is 4.74 Å². The highest BCUT2D eigenvalue weighted by atomic mass is 32.1. The van der Waals surface area contributed by atoms with Gasteiger partial charge in [-0.05, 0) is 53.8 Å². The summed E-state index contributed by atoms with van der Waals surface area (Å²) in [5.41, 5.74) is 3.02. The summed E-state index contributed by atoms with van der Waals surface area (Å²) in [6, 6.07) is 19.4. The zero-order chi connectivity index (χ0) is 17.6. The molecule has 0 aliphatic carbocycles. The van der Waals surface area contributed by atoms with E-state index in [1.807, 2.05) is 61.6 Å². The van der Waals surface area contributed by atoms with Gasteiger partial charge in [-0.25, -0.2) is 0 Å². The van der Waals surface area contributed by atoms with Gasteiger partial charge in [-0.15, -0.1) is 11.3 Å². The van der Waals surface area contributed by atoms with Crippen molar-refractivity contribution >= 4 is 17.2 Å². The molecular formula is C21H21NO2S. The lowest BCUT2D eigenvalue weighted by Crippen LogP contribution is -2.26. The second-order valence-corrected chi connectivity index (χ2v) is 6.99. The van der Waals surface area contributed by atoms with Crippen LogP contribution < -0.4 is 4.74 Å². The molecule has 0 bridgehead atoms. The number of carbonyl (C=O) groups excluding carboxylic acids is 1. The van der Waals surface area contributed by atoms with Crippen LogP contribution in [0.15, 0.2) is 66.0 Å². The van der Waals surface area contributed by atoms with Gasteiger partial charge in [0.1, 0.15) is 12.4 Å². The molecule has 0 N–H and O–H groups in total. The van der Waals surface area contributed by atoms with Gasteiger partial charge < -0.3 is 9.64 Å². The number of hydrogen-bond acceptors (Lipinski definition) is 3. The Hall–Kier alpha value is -2.59. The second kappa shape index (κ2) is 7.99. The maximum atomic E-state index is 12.6. The van der Waals surface area contributed by atoms with Gasteiger partial charge in [0.2, 0.25) is 0 Å². The van der Waals surface area contributed by atoms with E-state index in [1.54, 1.807) is 16.2 Å². The lowest BCUT2D eigenvalue weighted by atomic mass is 10.2. The molecular weight excluding hydrogens is 330 g/mol. The van der Waals surface area contributed by atoms with Crippen molar-refractivity contribution in [2.45, 2.75) is 20.1 Å². The molecule has 0 unspecified atom stereocenters. The van der Waals surface area contributed by atoms with Gasteiger partial charge in [0.15, 0.2) is 0 Å². The van der Waals surface area contributed by atoms with E-state index >= 15 is 0 Å². The van der Waals surface area contributed by atoms with Crippen molar-refractivity contribution in [1.82, 2.24) is 4.90 Å². The first-order valence-electron chi connectivity index (χ1n) is 8.18. The van der Waals surface area contributed by atoms with Gasteiger partial charge in [-0.2, -0.15) is 0 Å². The third-order valence-electron chi connectivity index (χ3n) is 4.05. The van der Waals surface area contributed by atoms with Crippen LogP contribution in [0.1, 0.15) is 26.4 Å². The van der Waals surface area contributed by atoms with Crippen LogP contribution in [0.5, 0.6) is 5.75 Å². The first-order chi connectivity index (χ1) is 12.1. The molecule has 4 heteroatoms. The smallest absolute Gasteiger partial charge is 0.253 e. The third kappa shape index (κ3) is 4.48. The normalized spacial score (nSPS) is 10.5. The lowest BCUT2D eigenvalue weighted by molar-refractivity contribution is 0.0786. The molecule has 2 aromatic carbocycles. The maximum Gasteiger partial charge on any atom is 0.253 e. The molecule has 3 nitrogen and oxygen atoms in total. The first kappa shape index (κ1) is 17.2. The second-order valence-electron chi connectivity index (χ2n) is 5.99. The van der Waals surface area contributed by atoms with Crippen LogP contribution in [0.25, 0.3) is 0 Å². The van der Waals surface area contributed by atoms with E-state index in [1.165, 1.54) is 10.4 Å². The average molecular weight is 351 g/mol. The number of ether oxygens (including phenoxy) is 1. The minimum absolute atomic E-state index is 0.0161.